The van der Waals surface area contributed by atoms with Crippen molar-refractivity contribution in [2.75, 3.05) is 5.73 Å². The minimum Gasteiger partial charge on any atom is -0.380 e. The van der Waals surface area contributed by atoms with Crippen molar-refractivity contribution in [3.8, 4) is 0 Å². The third-order valence-corrected chi connectivity index (χ3v) is 2.83. The molecule has 0 aliphatic carbocycles. The van der Waals surface area contributed by atoms with Crippen molar-refractivity contribution in [2.45, 2.75) is 13.8 Å². The van der Waals surface area contributed by atoms with Gasteiger partial charge in [-0.3, -0.25) is 4.98 Å². The average Bonchev–Trinajstić information content (AvgIpc) is 2.74. The monoisotopic (exact) mass is 267 g/mol. The minimum atomic E-state index is 0.309. The third-order valence-electron chi connectivity index (χ3n) is 2.83. The van der Waals surface area contributed by atoms with Gasteiger partial charge in [-0.15, -0.1) is 10.2 Å². The van der Waals surface area contributed by atoms with Crippen LogP contribution in [0.1, 0.15) is 11.4 Å². The molecule has 0 aliphatic heterocycles. The summed E-state index contributed by atoms with van der Waals surface area (Å²) in [6, 6.07) is 5.45. The van der Waals surface area contributed by atoms with Gasteiger partial charge in [0.25, 0.3) is 0 Å². The summed E-state index contributed by atoms with van der Waals surface area (Å²) in [6.45, 7) is 3.86. The van der Waals surface area contributed by atoms with E-state index in [0.717, 1.165) is 11.4 Å². The van der Waals surface area contributed by atoms with Crippen LogP contribution in [0.25, 0.3) is 5.65 Å². The number of anilines is 1. The van der Waals surface area contributed by atoms with Gasteiger partial charge >= 0.3 is 0 Å². The molecule has 0 radical (unpaired) electrons. The van der Waals surface area contributed by atoms with E-state index in [9.17, 15) is 0 Å². The molecule has 3 aromatic rings. The summed E-state index contributed by atoms with van der Waals surface area (Å²) in [4.78, 5) is 8.35. The molecule has 0 aliphatic rings. The van der Waals surface area contributed by atoms with Crippen LogP contribution in [0.4, 0.5) is 17.2 Å². The molecule has 0 saturated carbocycles. The number of nitrogens with zero attached hydrogens (tertiary/aromatic N) is 6. The van der Waals surface area contributed by atoms with E-state index in [4.69, 9.17) is 5.73 Å². The zero-order valence-corrected chi connectivity index (χ0v) is 11.1. The Kier molecular flexibility index (Phi) is 2.86. The first-order valence-electron chi connectivity index (χ1n) is 6.09. The van der Waals surface area contributed by atoms with Crippen LogP contribution in [0.15, 0.2) is 40.8 Å². The summed E-state index contributed by atoms with van der Waals surface area (Å²) in [5, 5.41) is 12.5. The van der Waals surface area contributed by atoms with E-state index in [1.54, 1.807) is 29.0 Å². The van der Waals surface area contributed by atoms with Gasteiger partial charge in [0.05, 0.1) is 5.69 Å². The number of pyridine rings is 1. The largest absolute Gasteiger partial charge is 0.380 e. The highest BCUT2D eigenvalue weighted by molar-refractivity contribution is 5.75. The lowest BCUT2D eigenvalue weighted by molar-refractivity contribution is 0.890. The fraction of sp³-hybridized carbons (Fsp3) is 0.154. The van der Waals surface area contributed by atoms with E-state index in [-0.39, 0.29) is 0 Å². The molecule has 0 fully saturated rings. The van der Waals surface area contributed by atoms with Crippen molar-refractivity contribution in [1.29, 1.82) is 0 Å². The van der Waals surface area contributed by atoms with Crippen molar-refractivity contribution in [1.82, 2.24) is 19.6 Å². The molecule has 2 N–H and O–H groups in total. The third kappa shape index (κ3) is 2.09. The van der Waals surface area contributed by atoms with E-state index >= 15 is 0 Å². The lowest BCUT2D eigenvalue weighted by Gasteiger charge is -1.99. The predicted octanol–water partition coefficient (Wildman–Crippen LogP) is 2.74. The van der Waals surface area contributed by atoms with Crippen molar-refractivity contribution < 1.29 is 0 Å². The van der Waals surface area contributed by atoms with Crippen LogP contribution in [0.5, 0.6) is 0 Å². The summed E-state index contributed by atoms with van der Waals surface area (Å²) >= 11 is 0. The Morgan fingerprint density at radius 2 is 1.90 bits per heavy atom. The maximum Gasteiger partial charge on any atom is 0.185 e. The van der Waals surface area contributed by atoms with Gasteiger partial charge in [0, 0.05) is 23.8 Å². The quantitative estimate of drug-likeness (QED) is 0.722. The zero-order chi connectivity index (χ0) is 14.1. The summed E-state index contributed by atoms with van der Waals surface area (Å²) in [5.74, 6) is 0.309. The van der Waals surface area contributed by atoms with Gasteiger partial charge in [-0.1, -0.05) is 0 Å². The van der Waals surface area contributed by atoms with Gasteiger partial charge in [0.1, 0.15) is 0 Å². The van der Waals surface area contributed by atoms with Crippen LogP contribution in [-0.2, 0) is 0 Å². The second kappa shape index (κ2) is 4.69. The molecule has 20 heavy (non-hydrogen) atoms. The van der Waals surface area contributed by atoms with Crippen molar-refractivity contribution in [3.05, 3.63) is 42.0 Å². The van der Waals surface area contributed by atoms with Gasteiger partial charge in [-0.2, -0.15) is 5.11 Å². The molecule has 7 nitrogen and oxygen atoms in total. The number of aromatic nitrogens is 4. The zero-order valence-electron chi connectivity index (χ0n) is 11.1. The lowest BCUT2D eigenvalue weighted by atomic mass is 10.3. The highest BCUT2D eigenvalue weighted by Gasteiger charge is 2.13. The number of azo groups is 1. The van der Waals surface area contributed by atoms with Gasteiger partial charge in [0.15, 0.2) is 17.2 Å². The van der Waals surface area contributed by atoms with Crippen molar-refractivity contribution in [3.63, 3.8) is 0 Å². The van der Waals surface area contributed by atoms with Gasteiger partial charge in [-0.25, -0.2) is 9.50 Å². The first-order chi connectivity index (χ1) is 9.65. The molecule has 0 unspecified atom stereocenters. The summed E-state index contributed by atoms with van der Waals surface area (Å²) < 4.78 is 1.67. The van der Waals surface area contributed by atoms with E-state index in [2.05, 4.69) is 25.3 Å². The molecule has 3 aromatic heterocycles. The molecule has 0 atom stereocenters. The highest BCUT2D eigenvalue weighted by Crippen LogP contribution is 2.28. The van der Waals surface area contributed by atoms with Crippen LogP contribution >= 0.6 is 0 Å². The standard InChI is InChI=1S/C13H13N7/c1-8-7-9(2)20-13(16-8)11(12(14)19-20)18-17-10-3-5-15-6-4-10/h3-7H,1-2H3,(H2,14,19). The normalized spacial score (nSPS) is 11.5. The van der Waals surface area contributed by atoms with Crippen LogP contribution in [0.3, 0.4) is 0 Å². The predicted molar refractivity (Wildman–Crippen MR) is 75.3 cm³/mol. The Balaban J connectivity index is 2.12. The molecule has 3 heterocycles. The second-order valence-electron chi connectivity index (χ2n) is 4.41. The first kappa shape index (κ1) is 12.2. The van der Waals surface area contributed by atoms with Crippen molar-refractivity contribution >= 4 is 22.8 Å². The number of hydrogen-bond donors (Lipinski definition) is 1. The number of hydrogen-bond acceptors (Lipinski definition) is 6. The molecule has 0 aromatic carbocycles. The first-order valence-corrected chi connectivity index (χ1v) is 6.09. The summed E-state index contributed by atoms with van der Waals surface area (Å²) in [7, 11) is 0. The molecule has 0 bridgehead atoms. The van der Waals surface area contributed by atoms with E-state index in [1.165, 1.54) is 0 Å². The van der Waals surface area contributed by atoms with Crippen LogP contribution < -0.4 is 5.73 Å². The highest BCUT2D eigenvalue weighted by atomic mass is 15.3. The topological polar surface area (TPSA) is 93.8 Å². The molecule has 0 spiro atoms. The van der Waals surface area contributed by atoms with Crippen LogP contribution in [-0.4, -0.2) is 19.6 Å². The molecule has 0 saturated heterocycles. The number of fused-ring (bicyclic) bond motifs is 1. The van der Waals surface area contributed by atoms with Gasteiger partial charge < -0.3 is 5.73 Å². The molecular formula is C13H13N7. The second-order valence-corrected chi connectivity index (χ2v) is 4.41. The molecule has 0 amide bonds. The Bertz CT molecular complexity index is 789. The fourth-order valence-electron chi connectivity index (χ4n) is 1.94. The number of nitrogen functional groups attached to an aromatic ring is 1. The molecule has 3 rings (SSSR count). The molecular weight excluding hydrogens is 254 g/mol. The number of rotatable bonds is 2. The fourth-order valence-corrected chi connectivity index (χ4v) is 1.94. The SMILES string of the molecule is Cc1cc(C)n2nc(N)c(N=Nc3ccncc3)c2n1. The van der Waals surface area contributed by atoms with Crippen molar-refractivity contribution in [2.24, 2.45) is 10.2 Å². The minimum absolute atomic E-state index is 0.309. The molecule has 100 valence electrons. The Labute approximate surface area is 115 Å². The van der Waals surface area contributed by atoms with Crippen LogP contribution in [0, 0.1) is 13.8 Å². The maximum absolute atomic E-state index is 5.90. The van der Waals surface area contributed by atoms with Crippen LogP contribution in [0.2, 0.25) is 0 Å². The van der Waals surface area contributed by atoms with Gasteiger partial charge in [-0.05, 0) is 32.0 Å². The van der Waals surface area contributed by atoms with E-state index in [1.807, 2.05) is 19.9 Å². The van der Waals surface area contributed by atoms with E-state index in [0.29, 0.717) is 22.8 Å². The maximum atomic E-state index is 5.90. The van der Waals surface area contributed by atoms with Gasteiger partial charge in [0.2, 0.25) is 0 Å². The summed E-state index contributed by atoms with van der Waals surface area (Å²) in [5.41, 5.74) is 9.52. The number of aryl methyl sites for hydroxylation is 2. The average molecular weight is 267 g/mol. The Morgan fingerprint density at radius 3 is 2.65 bits per heavy atom. The summed E-state index contributed by atoms with van der Waals surface area (Å²) in [6.07, 6.45) is 3.31. The van der Waals surface area contributed by atoms with E-state index < -0.39 is 0 Å². The smallest absolute Gasteiger partial charge is 0.185 e. The number of nitrogens with two attached hydrogens (primary N) is 1. The Morgan fingerprint density at radius 1 is 1.15 bits per heavy atom. The molecule has 7 heteroatoms. The lowest BCUT2D eigenvalue weighted by Crippen LogP contribution is -1.97. The Hall–Kier alpha value is -2.83.